The second-order valence-electron chi connectivity index (χ2n) is 5.25. The van der Waals surface area contributed by atoms with Gasteiger partial charge in [-0.3, -0.25) is 0 Å². The van der Waals surface area contributed by atoms with E-state index >= 15 is 0 Å². The van der Waals surface area contributed by atoms with Crippen LogP contribution in [0.15, 0.2) is 29.2 Å². The molecule has 0 aromatic heterocycles. The van der Waals surface area contributed by atoms with Gasteiger partial charge >= 0.3 is 0 Å². The first kappa shape index (κ1) is 16.0. The normalized spacial score (nSPS) is 19.2. The van der Waals surface area contributed by atoms with Gasteiger partial charge in [-0.1, -0.05) is 11.8 Å². The lowest BCUT2D eigenvalue weighted by Crippen LogP contribution is -2.30. The van der Waals surface area contributed by atoms with Gasteiger partial charge in [-0.25, -0.2) is 13.1 Å². The van der Waals surface area contributed by atoms with E-state index in [1.165, 1.54) is 12.1 Å². The van der Waals surface area contributed by atoms with Crippen molar-refractivity contribution < 1.29 is 13.5 Å². The molecule has 0 radical (unpaired) electrons. The van der Waals surface area contributed by atoms with E-state index in [9.17, 15) is 8.42 Å². The van der Waals surface area contributed by atoms with Crippen molar-refractivity contribution in [3.63, 3.8) is 0 Å². The van der Waals surface area contributed by atoms with E-state index in [1.54, 1.807) is 12.1 Å². The molecule has 114 valence electrons. The molecule has 1 saturated heterocycles. The first-order valence-corrected chi connectivity index (χ1v) is 8.37. The van der Waals surface area contributed by atoms with Crippen LogP contribution in [0.5, 0.6) is 0 Å². The van der Waals surface area contributed by atoms with Crippen LogP contribution < -0.4 is 4.72 Å². The summed E-state index contributed by atoms with van der Waals surface area (Å²) in [6.45, 7) is 2.21. The van der Waals surface area contributed by atoms with Gasteiger partial charge in [0, 0.05) is 18.7 Å². The lowest BCUT2D eigenvalue weighted by Gasteiger charge is -2.12. The summed E-state index contributed by atoms with van der Waals surface area (Å²) in [6, 6.07) is 6.34. The standard InChI is InChI=1S/C15H20N2O3S/c1-17-9-8-14(12-17)11-16-21(19,20)15-6-4-13(5-7-15)3-2-10-18/h4-7,14,16,18H,8-12H2,1H3. The number of rotatable bonds is 4. The van der Waals surface area contributed by atoms with Crippen molar-refractivity contribution in [2.75, 3.05) is 33.3 Å². The minimum absolute atomic E-state index is 0.211. The molecule has 0 spiro atoms. The molecule has 1 aliphatic heterocycles. The lowest BCUT2D eigenvalue weighted by molar-refractivity contribution is 0.350. The number of aliphatic hydroxyl groups is 1. The van der Waals surface area contributed by atoms with E-state index < -0.39 is 10.0 Å². The van der Waals surface area contributed by atoms with Crippen LogP contribution in [-0.4, -0.2) is 51.7 Å². The Labute approximate surface area is 126 Å². The van der Waals surface area contributed by atoms with Crippen LogP contribution >= 0.6 is 0 Å². The van der Waals surface area contributed by atoms with Crippen molar-refractivity contribution in [2.24, 2.45) is 5.92 Å². The van der Waals surface area contributed by atoms with E-state index in [0.717, 1.165) is 19.5 Å². The quantitative estimate of drug-likeness (QED) is 0.783. The Kier molecular flexibility index (Phi) is 5.37. The maximum atomic E-state index is 12.2. The van der Waals surface area contributed by atoms with Gasteiger partial charge in [0.1, 0.15) is 6.61 Å². The smallest absolute Gasteiger partial charge is 0.240 e. The number of nitrogens with zero attached hydrogens (tertiary/aromatic N) is 1. The highest BCUT2D eigenvalue weighted by Gasteiger charge is 2.22. The first-order chi connectivity index (χ1) is 10.0. The zero-order valence-corrected chi connectivity index (χ0v) is 12.9. The molecule has 0 aliphatic carbocycles. The average Bonchev–Trinajstić information content (AvgIpc) is 2.89. The molecule has 1 unspecified atom stereocenters. The van der Waals surface area contributed by atoms with Gasteiger partial charge in [0.15, 0.2) is 0 Å². The molecule has 1 fully saturated rings. The Hall–Kier alpha value is -1.39. The Morgan fingerprint density at radius 3 is 2.67 bits per heavy atom. The van der Waals surface area contributed by atoms with Crippen molar-refractivity contribution in [1.29, 1.82) is 0 Å². The van der Waals surface area contributed by atoms with Gasteiger partial charge in [-0.15, -0.1) is 0 Å². The molecular weight excluding hydrogens is 288 g/mol. The monoisotopic (exact) mass is 308 g/mol. The van der Waals surface area contributed by atoms with Gasteiger partial charge in [0.25, 0.3) is 0 Å². The zero-order chi connectivity index (χ0) is 15.3. The predicted octanol–water partition coefficient (Wildman–Crippen LogP) is 0.260. The number of hydrogen-bond acceptors (Lipinski definition) is 4. The van der Waals surface area contributed by atoms with E-state index in [4.69, 9.17) is 5.11 Å². The third-order valence-electron chi connectivity index (χ3n) is 3.53. The predicted molar refractivity (Wildman–Crippen MR) is 81.2 cm³/mol. The van der Waals surface area contributed by atoms with Gasteiger partial charge in [-0.05, 0) is 50.2 Å². The van der Waals surface area contributed by atoms with Crippen LogP contribution in [0.1, 0.15) is 12.0 Å². The Morgan fingerprint density at radius 1 is 1.38 bits per heavy atom. The maximum absolute atomic E-state index is 12.2. The molecule has 5 nitrogen and oxygen atoms in total. The molecule has 1 aromatic rings. The van der Waals surface area contributed by atoms with Crippen LogP contribution in [-0.2, 0) is 10.0 Å². The second kappa shape index (κ2) is 7.05. The molecular formula is C15H20N2O3S. The fraction of sp³-hybridized carbons (Fsp3) is 0.467. The van der Waals surface area contributed by atoms with Crippen LogP contribution in [0.25, 0.3) is 0 Å². The topological polar surface area (TPSA) is 69.6 Å². The largest absolute Gasteiger partial charge is 0.384 e. The molecule has 2 N–H and O–H groups in total. The summed E-state index contributed by atoms with van der Waals surface area (Å²) >= 11 is 0. The van der Waals surface area contributed by atoms with Crippen LogP contribution in [0, 0.1) is 17.8 Å². The second-order valence-corrected chi connectivity index (χ2v) is 7.02. The Morgan fingerprint density at radius 2 is 2.10 bits per heavy atom. The zero-order valence-electron chi connectivity index (χ0n) is 12.0. The van der Waals surface area contributed by atoms with Crippen molar-refractivity contribution in [2.45, 2.75) is 11.3 Å². The number of likely N-dealkylation sites (tertiary alicyclic amines) is 1. The molecule has 0 bridgehead atoms. The Balaban J connectivity index is 1.98. The van der Waals surface area contributed by atoms with Crippen molar-refractivity contribution >= 4 is 10.0 Å². The summed E-state index contributed by atoms with van der Waals surface area (Å²) in [5, 5.41) is 8.62. The van der Waals surface area contributed by atoms with Crippen LogP contribution in [0.4, 0.5) is 0 Å². The van der Waals surface area contributed by atoms with E-state index in [1.807, 2.05) is 7.05 Å². The maximum Gasteiger partial charge on any atom is 0.240 e. The fourth-order valence-electron chi connectivity index (χ4n) is 2.36. The molecule has 1 atom stereocenters. The highest BCUT2D eigenvalue weighted by molar-refractivity contribution is 7.89. The molecule has 21 heavy (non-hydrogen) atoms. The number of nitrogens with one attached hydrogen (secondary N) is 1. The van der Waals surface area contributed by atoms with Gasteiger partial charge < -0.3 is 10.0 Å². The minimum atomic E-state index is -3.47. The molecule has 0 saturated carbocycles. The summed E-state index contributed by atoms with van der Waals surface area (Å²) in [4.78, 5) is 2.44. The van der Waals surface area contributed by atoms with E-state index in [-0.39, 0.29) is 11.5 Å². The summed E-state index contributed by atoms with van der Waals surface area (Å²) in [5.74, 6) is 5.63. The van der Waals surface area contributed by atoms with Crippen molar-refractivity contribution in [3.05, 3.63) is 29.8 Å². The highest BCUT2D eigenvalue weighted by Crippen LogP contribution is 2.15. The van der Waals surface area contributed by atoms with Crippen LogP contribution in [0.3, 0.4) is 0 Å². The summed E-state index contributed by atoms with van der Waals surface area (Å²) in [5.41, 5.74) is 0.681. The number of sulfonamides is 1. The molecule has 1 aliphatic rings. The van der Waals surface area contributed by atoms with Crippen LogP contribution in [0.2, 0.25) is 0 Å². The van der Waals surface area contributed by atoms with Crippen molar-refractivity contribution in [3.8, 4) is 11.8 Å². The third kappa shape index (κ3) is 4.55. The third-order valence-corrected chi connectivity index (χ3v) is 4.97. The summed E-state index contributed by atoms with van der Waals surface area (Å²) in [7, 11) is -1.43. The summed E-state index contributed by atoms with van der Waals surface area (Å²) < 4.78 is 27.1. The van der Waals surface area contributed by atoms with Crippen molar-refractivity contribution in [1.82, 2.24) is 9.62 Å². The highest BCUT2D eigenvalue weighted by atomic mass is 32.2. The molecule has 6 heteroatoms. The summed E-state index contributed by atoms with van der Waals surface area (Å²) in [6.07, 6.45) is 1.02. The van der Waals surface area contributed by atoms with E-state index in [2.05, 4.69) is 21.5 Å². The first-order valence-electron chi connectivity index (χ1n) is 6.89. The Bertz CT molecular complexity index is 629. The van der Waals surface area contributed by atoms with E-state index in [0.29, 0.717) is 18.0 Å². The molecule has 1 heterocycles. The number of hydrogen-bond donors (Lipinski definition) is 2. The molecule has 0 amide bonds. The minimum Gasteiger partial charge on any atom is -0.384 e. The molecule has 1 aromatic carbocycles. The van der Waals surface area contributed by atoms with Gasteiger partial charge in [0.2, 0.25) is 10.0 Å². The van der Waals surface area contributed by atoms with Gasteiger partial charge in [0.05, 0.1) is 4.90 Å². The molecule has 2 rings (SSSR count). The SMILES string of the molecule is CN1CCC(CNS(=O)(=O)c2ccc(C#CCO)cc2)C1. The lowest BCUT2D eigenvalue weighted by atomic mass is 10.1. The number of benzene rings is 1. The fourth-order valence-corrected chi connectivity index (χ4v) is 3.48. The number of aliphatic hydroxyl groups excluding tert-OH is 1. The van der Waals surface area contributed by atoms with Gasteiger partial charge in [-0.2, -0.15) is 0 Å². The average molecular weight is 308 g/mol.